The third kappa shape index (κ3) is 4.12. The zero-order valence-corrected chi connectivity index (χ0v) is 12.2. The van der Waals surface area contributed by atoms with Crippen molar-refractivity contribution in [2.45, 2.75) is 26.2 Å². The minimum absolute atomic E-state index is 0.0669. The molecule has 2 rings (SSSR count). The van der Waals surface area contributed by atoms with E-state index in [9.17, 15) is 4.79 Å². The number of carbonyl (C=O) groups excluding carboxylic acids is 1. The van der Waals surface area contributed by atoms with Gasteiger partial charge < -0.3 is 14.8 Å². The van der Waals surface area contributed by atoms with Crippen molar-refractivity contribution in [1.29, 1.82) is 0 Å². The summed E-state index contributed by atoms with van der Waals surface area (Å²) in [6.45, 7) is 2.42. The highest BCUT2D eigenvalue weighted by molar-refractivity contribution is 5.75. The monoisotopic (exact) mass is 293 g/mol. The van der Waals surface area contributed by atoms with E-state index in [2.05, 4.69) is 20.6 Å². The minimum Gasteiger partial charge on any atom is -0.419 e. The summed E-state index contributed by atoms with van der Waals surface area (Å²) in [5.74, 6) is 0.717. The number of aromatic nitrogens is 4. The van der Waals surface area contributed by atoms with Gasteiger partial charge in [0.25, 0.3) is 5.89 Å². The molecule has 8 nitrogen and oxygen atoms in total. The van der Waals surface area contributed by atoms with Crippen LogP contribution in [0.5, 0.6) is 0 Å². The molecule has 0 aromatic carbocycles. The maximum atomic E-state index is 11.5. The van der Waals surface area contributed by atoms with Gasteiger partial charge >= 0.3 is 0 Å². The Labute approximate surface area is 122 Å². The molecule has 2 N–H and O–H groups in total. The van der Waals surface area contributed by atoms with Crippen molar-refractivity contribution in [1.82, 2.24) is 25.3 Å². The van der Waals surface area contributed by atoms with Crippen molar-refractivity contribution in [3.63, 3.8) is 0 Å². The highest BCUT2D eigenvalue weighted by Gasteiger charge is 2.14. The lowest BCUT2D eigenvalue weighted by Crippen LogP contribution is -2.25. The van der Waals surface area contributed by atoms with Gasteiger partial charge in [0.2, 0.25) is 11.8 Å². The van der Waals surface area contributed by atoms with E-state index in [0.29, 0.717) is 31.2 Å². The molecule has 0 bridgehead atoms. The molecule has 2 aromatic heterocycles. The van der Waals surface area contributed by atoms with Crippen molar-refractivity contribution in [3.8, 4) is 11.6 Å². The Kier molecular flexibility index (Phi) is 5.04. The molecule has 0 saturated heterocycles. The molecular weight excluding hydrogens is 274 g/mol. The van der Waals surface area contributed by atoms with Crippen LogP contribution in [0.15, 0.2) is 10.5 Å². The third-order valence-corrected chi connectivity index (χ3v) is 2.91. The van der Waals surface area contributed by atoms with Gasteiger partial charge in [0, 0.05) is 33.0 Å². The van der Waals surface area contributed by atoms with E-state index in [4.69, 9.17) is 9.52 Å². The van der Waals surface area contributed by atoms with Crippen LogP contribution in [0.2, 0.25) is 0 Å². The number of nitrogens with one attached hydrogen (secondary N) is 1. The standard InChI is InChI=1S/C13H19N5O3/c1-9-8-10(18(2)17-9)13-16-15-12(21-13)5-4-11(20)14-6-3-7-19/h8,19H,3-7H2,1-2H3,(H,14,20). The topological polar surface area (TPSA) is 106 Å². The molecule has 0 spiro atoms. The van der Waals surface area contributed by atoms with Crippen molar-refractivity contribution < 1.29 is 14.3 Å². The predicted molar refractivity (Wildman–Crippen MR) is 74.3 cm³/mol. The summed E-state index contributed by atoms with van der Waals surface area (Å²) in [6, 6.07) is 1.86. The summed E-state index contributed by atoms with van der Waals surface area (Å²) in [7, 11) is 1.81. The molecule has 0 aliphatic rings. The SMILES string of the molecule is Cc1cc(-c2nnc(CCC(=O)NCCCO)o2)n(C)n1. The fourth-order valence-corrected chi connectivity index (χ4v) is 1.88. The quantitative estimate of drug-likeness (QED) is 0.707. The van der Waals surface area contributed by atoms with Gasteiger partial charge in [-0.1, -0.05) is 0 Å². The Morgan fingerprint density at radius 3 is 2.95 bits per heavy atom. The van der Waals surface area contributed by atoms with E-state index in [0.717, 1.165) is 11.4 Å². The van der Waals surface area contributed by atoms with Gasteiger partial charge in [-0.2, -0.15) is 5.10 Å². The molecule has 0 radical (unpaired) electrons. The van der Waals surface area contributed by atoms with E-state index in [-0.39, 0.29) is 18.9 Å². The number of carbonyl (C=O) groups is 1. The second-order valence-corrected chi connectivity index (χ2v) is 4.72. The zero-order valence-electron chi connectivity index (χ0n) is 12.2. The Balaban J connectivity index is 1.89. The third-order valence-electron chi connectivity index (χ3n) is 2.91. The van der Waals surface area contributed by atoms with Crippen molar-refractivity contribution in [2.24, 2.45) is 7.05 Å². The van der Waals surface area contributed by atoms with Crippen LogP contribution >= 0.6 is 0 Å². The predicted octanol–water partition coefficient (Wildman–Crippen LogP) is 0.210. The normalized spacial score (nSPS) is 10.8. The molecule has 0 aliphatic heterocycles. The molecule has 114 valence electrons. The summed E-state index contributed by atoms with van der Waals surface area (Å²) >= 11 is 0. The van der Waals surface area contributed by atoms with Crippen LogP contribution in [-0.2, 0) is 18.3 Å². The van der Waals surface area contributed by atoms with Crippen LogP contribution in [0.25, 0.3) is 11.6 Å². The first-order valence-corrected chi connectivity index (χ1v) is 6.81. The molecule has 0 unspecified atom stereocenters. The Morgan fingerprint density at radius 2 is 2.29 bits per heavy atom. The first kappa shape index (κ1) is 15.2. The number of aliphatic hydroxyl groups excluding tert-OH is 1. The molecule has 1 amide bonds. The van der Waals surface area contributed by atoms with Crippen molar-refractivity contribution in [3.05, 3.63) is 17.7 Å². The van der Waals surface area contributed by atoms with Crippen LogP contribution in [0, 0.1) is 6.92 Å². The highest BCUT2D eigenvalue weighted by atomic mass is 16.4. The average Bonchev–Trinajstić information content (AvgIpc) is 3.03. The Bertz CT molecular complexity index is 605. The Hall–Kier alpha value is -2.22. The maximum absolute atomic E-state index is 11.5. The minimum atomic E-state index is -0.0976. The van der Waals surface area contributed by atoms with Crippen molar-refractivity contribution in [2.75, 3.05) is 13.2 Å². The highest BCUT2D eigenvalue weighted by Crippen LogP contribution is 2.18. The smallest absolute Gasteiger partial charge is 0.265 e. The van der Waals surface area contributed by atoms with E-state index in [1.807, 2.05) is 13.0 Å². The van der Waals surface area contributed by atoms with Crippen LogP contribution in [0.3, 0.4) is 0 Å². The Morgan fingerprint density at radius 1 is 1.48 bits per heavy atom. The van der Waals surface area contributed by atoms with Gasteiger partial charge in [-0.25, -0.2) is 0 Å². The van der Waals surface area contributed by atoms with E-state index < -0.39 is 0 Å². The number of amides is 1. The number of aliphatic hydroxyl groups is 1. The van der Waals surface area contributed by atoms with Crippen LogP contribution in [-0.4, -0.2) is 44.1 Å². The first-order chi connectivity index (χ1) is 10.1. The van der Waals surface area contributed by atoms with E-state index in [1.54, 1.807) is 11.7 Å². The molecule has 21 heavy (non-hydrogen) atoms. The maximum Gasteiger partial charge on any atom is 0.265 e. The van der Waals surface area contributed by atoms with Crippen LogP contribution < -0.4 is 5.32 Å². The number of hydrogen-bond donors (Lipinski definition) is 2. The van der Waals surface area contributed by atoms with Gasteiger partial charge in [-0.3, -0.25) is 9.48 Å². The lowest BCUT2D eigenvalue weighted by Gasteiger charge is -2.01. The van der Waals surface area contributed by atoms with E-state index in [1.165, 1.54) is 0 Å². The van der Waals surface area contributed by atoms with Gasteiger partial charge in [0.1, 0.15) is 5.69 Å². The summed E-state index contributed by atoms with van der Waals surface area (Å²) in [4.78, 5) is 11.5. The lowest BCUT2D eigenvalue weighted by atomic mass is 10.3. The largest absolute Gasteiger partial charge is 0.419 e. The molecule has 8 heteroatoms. The molecule has 0 saturated carbocycles. The second-order valence-electron chi connectivity index (χ2n) is 4.72. The average molecular weight is 293 g/mol. The molecule has 2 aromatic rings. The number of rotatable bonds is 7. The fourth-order valence-electron chi connectivity index (χ4n) is 1.88. The zero-order chi connectivity index (χ0) is 15.2. The van der Waals surface area contributed by atoms with Gasteiger partial charge in [-0.05, 0) is 19.4 Å². The number of aryl methyl sites for hydroxylation is 3. The molecule has 0 fully saturated rings. The second kappa shape index (κ2) is 6.98. The lowest BCUT2D eigenvalue weighted by molar-refractivity contribution is -0.121. The number of nitrogens with zero attached hydrogens (tertiary/aromatic N) is 4. The molecule has 2 heterocycles. The first-order valence-electron chi connectivity index (χ1n) is 6.81. The summed E-state index contributed by atoms with van der Waals surface area (Å²) in [5, 5.41) is 23.5. The molecule has 0 atom stereocenters. The number of hydrogen-bond acceptors (Lipinski definition) is 6. The van der Waals surface area contributed by atoms with Crippen LogP contribution in [0.1, 0.15) is 24.4 Å². The van der Waals surface area contributed by atoms with Gasteiger partial charge in [-0.15, -0.1) is 10.2 Å². The molecular formula is C13H19N5O3. The summed E-state index contributed by atoms with van der Waals surface area (Å²) < 4.78 is 7.21. The van der Waals surface area contributed by atoms with Crippen molar-refractivity contribution >= 4 is 5.91 Å². The summed E-state index contributed by atoms with van der Waals surface area (Å²) in [5.41, 5.74) is 1.62. The van der Waals surface area contributed by atoms with Gasteiger partial charge in [0.15, 0.2) is 0 Å². The van der Waals surface area contributed by atoms with Crippen LogP contribution in [0.4, 0.5) is 0 Å². The van der Waals surface area contributed by atoms with Gasteiger partial charge in [0.05, 0.1) is 5.69 Å². The summed E-state index contributed by atoms with van der Waals surface area (Å²) in [6.07, 6.45) is 1.21. The molecule has 0 aliphatic carbocycles. The van der Waals surface area contributed by atoms with E-state index >= 15 is 0 Å². The fraction of sp³-hybridized carbons (Fsp3) is 0.538.